The van der Waals surface area contributed by atoms with Gasteiger partial charge < -0.3 is 11.1 Å². The molecule has 0 amide bonds. The highest BCUT2D eigenvalue weighted by atomic mass is 35.5. The van der Waals surface area contributed by atoms with E-state index in [-0.39, 0.29) is 22.5 Å². The van der Waals surface area contributed by atoms with Crippen LogP contribution in [-0.4, -0.2) is 9.97 Å². The lowest BCUT2D eigenvalue weighted by molar-refractivity contribution is -0.139. The van der Waals surface area contributed by atoms with Crippen molar-refractivity contribution in [2.75, 3.05) is 11.1 Å². The molecule has 0 radical (unpaired) electrons. The highest BCUT2D eigenvalue weighted by Gasteiger charge is 2.34. The molecule has 1 heterocycles. The minimum Gasteiger partial charge on any atom is -0.394 e. The van der Waals surface area contributed by atoms with Crippen LogP contribution in [0.2, 0.25) is 5.28 Å². The molecule has 0 bridgehead atoms. The van der Waals surface area contributed by atoms with Crippen LogP contribution in [0.25, 0.3) is 0 Å². The van der Waals surface area contributed by atoms with Gasteiger partial charge >= 0.3 is 6.18 Å². The van der Waals surface area contributed by atoms with Gasteiger partial charge in [-0.1, -0.05) is 0 Å². The van der Waals surface area contributed by atoms with E-state index in [1.165, 1.54) is 0 Å². The Balaban J connectivity index is 2.41. The number of nitrogens with zero attached hydrogens (tertiary/aromatic N) is 2. The third-order valence-electron chi connectivity index (χ3n) is 2.64. The second-order valence-corrected chi connectivity index (χ2v) is 4.50. The van der Waals surface area contributed by atoms with Crippen molar-refractivity contribution in [2.24, 2.45) is 0 Å². The van der Waals surface area contributed by atoms with E-state index in [2.05, 4.69) is 15.3 Å². The Bertz CT molecular complexity index is 688. The summed E-state index contributed by atoms with van der Waals surface area (Å²) in [7, 11) is 0. The Labute approximate surface area is 122 Å². The molecule has 112 valence electrons. The number of nitrogen functional groups attached to an aromatic ring is 1. The molecule has 21 heavy (non-hydrogen) atoms. The standard InChI is InChI=1S/C12H9ClF4N4/c1-5-9(18)10(21-11(13)19-5)20-6-2-3-8(14)7(4-6)12(15,16)17/h2-4H,18H2,1H3,(H,19,20,21). The van der Waals surface area contributed by atoms with Crippen LogP contribution in [0.1, 0.15) is 11.3 Å². The van der Waals surface area contributed by atoms with Crippen molar-refractivity contribution >= 4 is 28.8 Å². The molecule has 0 saturated heterocycles. The largest absolute Gasteiger partial charge is 0.419 e. The van der Waals surface area contributed by atoms with Crippen LogP contribution in [0.15, 0.2) is 18.2 Å². The molecule has 0 aliphatic heterocycles. The van der Waals surface area contributed by atoms with E-state index in [9.17, 15) is 17.6 Å². The van der Waals surface area contributed by atoms with Gasteiger partial charge in [-0.2, -0.15) is 18.2 Å². The van der Waals surface area contributed by atoms with E-state index in [4.69, 9.17) is 17.3 Å². The fourth-order valence-corrected chi connectivity index (χ4v) is 1.81. The van der Waals surface area contributed by atoms with Gasteiger partial charge in [0.25, 0.3) is 0 Å². The van der Waals surface area contributed by atoms with Gasteiger partial charge in [-0.15, -0.1) is 0 Å². The van der Waals surface area contributed by atoms with Crippen molar-refractivity contribution in [2.45, 2.75) is 13.1 Å². The van der Waals surface area contributed by atoms with Crippen LogP contribution in [0, 0.1) is 12.7 Å². The Morgan fingerprint density at radius 1 is 1.24 bits per heavy atom. The van der Waals surface area contributed by atoms with Crippen molar-refractivity contribution in [1.29, 1.82) is 0 Å². The van der Waals surface area contributed by atoms with E-state index >= 15 is 0 Å². The number of nitrogens with one attached hydrogen (secondary N) is 1. The van der Waals surface area contributed by atoms with Gasteiger partial charge in [0.15, 0.2) is 5.82 Å². The number of anilines is 3. The summed E-state index contributed by atoms with van der Waals surface area (Å²) in [5.41, 5.74) is 4.81. The summed E-state index contributed by atoms with van der Waals surface area (Å²) in [6.45, 7) is 1.57. The monoisotopic (exact) mass is 320 g/mol. The van der Waals surface area contributed by atoms with E-state index in [0.717, 1.165) is 6.07 Å². The minimum absolute atomic E-state index is 0.0235. The first-order chi connectivity index (χ1) is 9.68. The molecule has 0 aliphatic rings. The number of benzene rings is 1. The van der Waals surface area contributed by atoms with Crippen LogP contribution in [0.4, 0.5) is 34.8 Å². The molecular weight excluding hydrogens is 312 g/mol. The second-order valence-electron chi connectivity index (χ2n) is 4.16. The van der Waals surface area contributed by atoms with Crippen LogP contribution >= 0.6 is 11.6 Å². The quantitative estimate of drug-likeness (QED) is 0.650. The summed E-state index contributed by atoms with van der Waals surface area (Å²) >= 11 is 5.66. The van der Waals surface area contributed by atoms with E-state index in [1.54, 1.807) is 6.92 Å². The number of alkyl halides is 3. The van der Waals surface area contributed by atoms with E-state index in [0.29, 0.717) is 17.8 Å². The molecule has 2 aromatic rings. The lowest BCUT2D eigenvalue weighted by Gasteiger charge is -2.13. The molecule has 0 saturated carbocycles. The van der Waals surface area contributed by atoms with Crippen molar-refractivity contribution in [3.05, 3.63) is 40.6 Å². The highest BCUT2D eigenvalue weighted by Crippen LogP contribution is 2.34. The van der Waals surface area contributed by atoms with Crippen LogP contribution < -0.4 is 11.1 Å². The average molecular weight is 321 g/mol. The normalized spacial score (nSPS) is 11.5. The Morgan fingerprint density at radius 2 is 1.90 bits per heavy atom. The van der Waals surface area contributed by atoms with Crippen molar-refractivity contribution in [3.8, 4) is 0 Å². The van der Waals surface area contributed by atoms with Crippen molar-refractivity contribution in [1.82, 2.24) is 9.97 Å². The predicted octanol–water partition coefficient (Wildman–Crippen LogP) is 3.92. The van der Waals surface area contributed by atoms with Gasteiger partial charge in [-0.05, 0) is 36.7 Å². The molecule has 3 N–H and O–H groups in total. The SMILES string of the molecule is Cc1nc(Cl)nc(Nc2ccc(F)c(C(F)(F)F)c2)c1N. The van der Waals surface area contributed by atoms with Crippen LogP contribution in [-0.2, 0) is 6.18 Å². The number of halogens is 5. The highest BCUT2D eigenvalue weighted by molar-refractivity contribution is 6.28. The molecule has 1 aromatic carbocycles. The lowest BCUT2D eigenvalue weighted by atomic mass is 10.1. The maximum absolute atomic E-state index is 13.2. The van der Waals surface area contributed by atoms with Gasteiger partial charge in [-0.25, -0.2) is 9.37 Å². The molecule has 2 rings (SSSR count). The maximum atomic E-state index is 13.2. The molecule has 4 nitrogen and oxygen atoms in total. The molecule has 0 fully saturated rings. The molecule has 9 heteroatoms. The molecule has 0 aliphatic carbocycles. The van der Waals surface area contributed by atoms with Gasteiger partial charge in [0.1, 0.15) is 5.82 Å². The van der Waals surface area contributed by atoms with Crippen molar-refractivity contribution < 1.29 is 17.6 Å². The first-order valence-corrected chi connectivity index (χ1v) is 5.99. The zero-order valence-corrected chi connectivity index (χ0v) is 11.3. The summed E-state index contributed by atoms with van der Waals surface area (Å²) < 4.78 is 51.1. The van der Waals surface area contributed by atoms with Crippen LogP contribution in [0.5, 0.6) is 0 Å². The van der Waals surface area contributed by atoms with Crippen LogP contribution in [0.3, 0.4) is 0 Å². The zero-order chi connectivity index (χ0) is 15.8. The zero-order valence-electron chi connectivity index (χ0n) is 10.6. The topological polar surface area (TPSA) is 63.8 Å². The number of nitrogens with two attached hydrogens (primary N) is 1. The fourth-order valence-electron chi connectivity index (χ4n) is 1.60. The van der Waals surface area contributed by atoms with Crippen molar-refractivity contribution in [3.63, 3.8) is 0 Å². The molecule has 0 unspecified atom stereocenters. The summed E-state index contributed by atoms with van der Waals surface area (Å²) in [5, 5.41) is 2.46. The summed E-state index contributed by atoms with van der Waals surface area (Å²) in [6.07, 6.45) is -4.80. The smallest absolute Gasteiger partial charge is 0.394 e. The summed E-state index contributed by atoms with van der Waals surface area (Å²) in [5.74, 6) is -1.31. The predicted molar refractivity (Wildman–Crippen MR) is 70.9 cm³/mol. The number of aromatic nitrogens is 2. The first-order valence-electron chi connectivity index (χ1n) is 5.62. The van der Waals surface area contributed by atoms with E-state index < -0.39 is 17.6 Å². The van der Waals surface area contributed by atoms with E-state index in [1.807, 2.05) is 0 Å². The lowest BCUT2D eigenvalue weighted by Crippen LogP contribution is -2.09. The summed E-state index contributed by atoms with van der Waals surface area (Å²) in [6, 6.07) is 2.46. The second kappa shape index (κ2) is 5.36. The number of rotatable bonds is 2. The Hall–Kier alpha value is -2.09. The summed E-state index contributed by atoms with van der Waals surface area (Å²) in [4.78, 5) is 7.58. The molecular formula is C12H9ClF4N4. The number of aryl methyl sites for hydroxylation is 1. The molecule has 1 aromatic heterocycles. The fraction of sp³-hybridized carbons (Fsp3) is 0.167. The number of hydrogen-bond donors (Lipinski definition) is 2. The van der Waals surface area contributed by atoms with Gasteiger partial charge in [0, 0.05) is 5.69 Å². The minimum atomic E-state index is -4.80. The number of hydrogen-bond acceptors (Lipinski definition) is 4. The van der Waals surface area contributed by atoms with Gasteiger partial charge in [0.2, 0.25) is 5.28 Å². The first kappa shape index (κ1) is 15.3. The molecule has 0 atom stereocenters. The maximum Gasteiger partial charge on any atom is 0.419 e. The van der Waals surface area contributed by atoms with Gasteiger partial charge in [-0.3, -0.25) is 0 Å². The molecule has 0 spiro atoms. The van der Waals surface area contributed by atoms with Gasteiger partial charge in [0.05, 0.1) is 16.9 Å². The average Bonchev–Trinajstić information content (AvgIpc) is 2.36. The Morgan fingerprint density at radius 3 is 2.52 bits per heavy atom. The Kier molecular flexibility index (Phi) is 3.91. The third kappa shape index (κ3) is 3.33. The third-order valence-corrected chi connectivity index (χ3v) is 2.81.